The lowest BCUT2D eigenvalue weighted by atomic mass is 9.98. The number of fused-ring (bicyclic) bond motifs is 1. The molecule has 13 nitrogen and oxygen atoms in total. The zero-order valence-corrected chi connectivity index (χ0v) is 32.7. The molecule has 4 aromatic heterocycles. The maximum absolute atomic E-state index is 16.8. The van der Waals surface area contributed by atoms with Crippen LogP contribution in [-0.2, 0) is 9.59 Å². The van der Waals surface area contributed by atoms with Gasteiger partial charge in [0, 0.05) is 66.5 Å². The SMILES string of the molecule is COc1nc(N(C)[C@@H]2CCN(C(=O)/C(F)=C/c3cc(C)nc(C)n3)C2)c2cnc(-c3cc(OC(=O)/C(F)=C/c4cc(C)nc(C)n4)cc(Cl)c3C3CC3)c(F)c2n1. The molecule has 5 heterocycles. The minimum absolute atomic E-state index is 0.00134. The number of hydrogen-bond acceptors (Lipinski definition) is 12. The summed E-state index contributed by atoms with van der Waals surface area (Å²) in [4.78, 5) is 59.1. The van der Waals surface area contributed by atoms with Crippen LogP contribution < -0.4 is 14.4 Å². The van der Waals surface area contributed by atoms with Crippen LogP contribution in [0.25, 0.3) is 34.3 Å². The molecule has 1 saturated heterocycles. The number of aromatic nitrogens is 7. The summed E-state index contributed by atoms with van der Waals surface area (Å²) in [7, 11) is 3.08. The van der Waals surface area contributed by atoms with Gasteiger partial charge in [-0.3, -0.25) is 9.78 Å². The number of amides is 1. The molecule has 0 N–H and O–H groups in total. The highest BCUT2D eigenvalue weighted by Gasteiger charge is 2.34. The molecule has 17 heteroatoms. The van der Waals surface area contributed by atoms with E-state index in [0.29, 0.717) is 35.0 Å². The average Bonchev–Trinajstić information content (AvgIpc) is 3.86. The highest BCUT2D eigenvalue weighted by atomic mass is 35.5. The second-order valence-electron chi connectivity index (χ2n) is 14.0. The first kappa shape index (κ1) is 39.2. The van der Waals surface area contributed by atoms with Gasteiger partial charge in [-0.15, -0.1) is 0 Å². The molecule has 0 radical (unpaired) electrons. The van der Waals surface area contributed by atoms with Crippen LogP contribution in [-0.4, -0.2) is 85.0 Å². The Labute approximate surface area is 330 Å². The van der Waals surface area contributed by atoms with Crippen molar-refractivity contribution in [3.63, 3.8) is 0 Å². The molecular formula is C40H37ClF3N9O4. The van der Waals surface area contributed by atoms with E-state index in [-0.39, 0.29) is 81.2 Å². The first-order valence-corrected chi connectivity index (χ1v) is 18.4. The first-order valence-electron chi connectivity index (χ1n) is 18.1. The molecular weight excluding hydrogens is 763 g/mol. The van der Waals surface area contributed by atoms with Crippen LogP contribution in [0.4, 0.5) is 19.0 Å². The van der Waals surface area contributed by atoms with Gasteiger partial charge in [0.05, 0.1) is 23.9 Å². The van der Waals surface area contributed by atoms with Gasteiger partial charge in [-0.25, -0.2) is 33.5 Å². The molecule has 57 heavy (non-hydrogen) atoms. The van der Waals surface area contributed by atoms with E-state index in [9.17, 15) is 9.59 Å². The summed E-state index contributed by atoms with van der Waals surface area (Å²) in [6.07, 6.45) is 5.50. The third-order valence-electron chi connectivity index (χ3n) is 9.63. The van der Waals surface area contributed by atoms with Gasteiger partial charge in [0.1, 0.15) is 34.4 Å². The molecule has 0 bridgehead atoms. The van der Waals surface area contributed by atoms with Gasteiger partial charge >= 0.3 is 12.0 Å². The van der Waals surface area contributed by atoms with Gasteiger partial charge in [-0.05, 0) is 82.7 Å². The van der Waals surface area contributed by atoms with E-state index in [4.69, 9.17) is 21.1 Å². The van der Waals surface area contributed by atoms with Crippen LogP contribution in [0, 0.1) is 33.5 Å². The lowest BCUT2D eigenvalue weighted by Gasteiger charge is -2.27. The number of benzene rings is 1. The van der Waals surface area contributed by atoms with Crippen molar-refractivity contribution < 1.29 is 32.2 Å². The van der Waals surface area contributed by atoms with E-state index in [0.717, 1.165) is 25.0 Å². The molecule has 5 aromatic rings. The minimum Gasteiger partial charge on any atom is -0.467 e. The van der Waals surface area contributed by atoms with Crippen molar-refractivity contribution >= 4 is 52.4 Å². The second-order valence-corrected chi connectivity index (χ2v) is 14.4. The summed E-state index contributed by atoms with van der Waals surface area (Å²) in [5, 5.41) is 0.439. The predicted octanol–water partition coefficient (Wildman–Crippen LogP) is 7.15. The van der Waals surface area contributed by atoms with Gasteiger partial charge in [0.15, 0.2) is 11.6 Å². The Morgan fingerprint density at radius 2 is 1.54 bits per heavy atom. The van der Waals surface area contributed by atoms with E-state index < -0.39 is 29.3 Å². The monoisotopic (exact) mass is 799 g/mol. The Balaban J connectivity index is 1.18. The van der Waals surface area contributed by atoms with Gasteiger partial charge < -0.3 is 19.3 Å². The maximum Gasteiger partial charge on any atom is 0.372 e. The number of aryl methyl sites for hydroxylation is 4. The summed E-state index contributed by atoms with van der Waals surface area (Å²) >= 11 is 6.73. The van der Waals surface area contributed by atoms with Crippen LogP contribution in [0.2, 0.25) is 5.02 Å². The predicted molar refractivity (Wildman–Crippen MR) is 206 cm³/mol. The van der Waals surface area contributed by atoms with Crippen molar-refractivity contribution in [2.45, 2.75) is 58.9 Å². The van der Waals surface area contributed by atoms with Crippen LogP contribution in [0.15, 0.2) is 42.1 Å². The fourth-order valence-corrected chi connectivity index (χ4v) is 7.31. The Morgan fingerprint density at radius 3 is 2.16 bits per heavy atom. The van der Waals surface area contributed by atoms with Crippen LogP contribution in [0.1, 0.15) is 65.2 Å². The van der Waals surface area contributed by atoms with Crippen LogP contribution >= 0.6 is 11.6 Å². The Bertz CT molecular complexity index is 2470. The second kappa shape index (κ2) is 15.8. The highest BCUT2D eigenvalue weighted by molar-refractivity contribution is 6.32. The standard InChI is InChI=1S/C40H37ClF3N9O4/c1-19-11-24(48-21(3)46-19)13-31(42)38(54)53-10-9-26(18-53)52(5)37-29-17-45-35(34(44)36(29)50-40(51-37)56-6)28-15-27(16-30(41)33(28)23-7-8-23)57-39(55)32(43)14-25-12-20(2)47-22(4)49-25/h11-17,23,26H,7-10,18H2,1-6H3/b31-13-,32-14-/t26-/m1/s1. The van der Waals surface area contributed by atoms with Crippen molar-refractivity contribution in [3.8, 4) is 23.0 Å². The number of nitrogens with zero attached hydrogens (tertiary/aromatic N) is 9. The number of likely N-dealkylation sites (N-methyl/N-ethyl adjacent to an activating group) is 1. The highest BCUT2D eigenvalue weighted by Crippen LogP contribution is 2.49. The molecule has 1 aromatic carbocycles. The van der Waals surface area contributed by atoms with E-state index in [1.807, 2.05) is 0 Å². The Hall–Kier alpha value is -6.03. The molecule has 2 aliphatic rings. The first-order chi connectivity index (χ1) is 27.2. The number of rotatable bonds is 10. The molecule has 1 aliphatic carbocycles. The zero-order chi connectivity index (χ0) is 40.7. The summed E-state index contributed by atoms with van der Waals surface area (Å²) in [6, 6.07) is 5.43. The third kappa shape index (κ3) is 8.40. The number of methoxy groups -OCH3 is 1. The van der Waals surface area contributed by atoms with Crippen LogP contribution in [0.5, 0.6) is 11.8 Å². The van der Waals surface area contributed by atoms with E-state index >= 15 is 13.2 Å². The van der Waals surface area contributed by atoms with Crippen molar-refractivity contribution in [3.05, 3.63) is 92.9 Å². The maximum atomic E-state index is 16.8. The minimum atomic E-state index is -1.30. The number of carbonyl (C=O) groups excluding carboxylic acids is 2. The lowest BCUT2D eigenvalue weighted by molar-refractivity contribution is -0.131. The Kier molecular flexibility index (Phi) is 10.9. The molecule has 1 amide bonds. The topological polar surface area (TPSA) is 149 Å². The number of carbonyl (C=O) groups is 2. The summed E-state index contributed by atoms with van der Waals surface area (Å²) in [5.74, 6) is -4.06. The Morgan fingerprint density at radius 1 is 0.895 bits per heavy atom. The largest absolute Gasteiger partial charge is 0.467 e. The number of ether oxygens (including phenoxy) is 2. The number of pyridine rings is 1. The number of likely N-dealkylation sites (tertiary alicyclic amines) is 1. The fraction of sp³-hybridized carbons (Fsp3) is 0.325. The zero-order valence-electron chi connectivity index (χ0n) is 31.9. The molecule has 1 atom stereocenters. The fourth-order valence-electron chi connectivity index (χ4n) is 6.95. The molecule has 7 rings (SSSR count). The third-order valence-corrected chi connectivity index (χ3v) is 9.95. The lowest BCUT2D eigenvalue weighted by Crippen LogP contribution is -2.37. The van der Waals surface area contributed by atoms with E-state index in [2.05, 4.69) is 34.9 Å². The number of anilines is 1. The van der Waals surface area contributed by atoms with Crippen LogP contribution in [0.3, 0.4) is 0 Å². The quantitative estimate of drug-likeness (QED) is 0.0803. The van der Waals surface area contributed by atoms with E-state index in [1.54, 1.807) is 45.7 Å². The summed E-state index contributed by atoms with van der Waals surface area (Å²) < 4.78 is 57.8. The molecule has 0 unspecified atom stereocenters. The van der Waals surface area contributed by atoms with Crippen molar-refractivity contribution in [1.82, 2.24) is 39.8 Å². The van der Waals surface area contributed by atoms with Crippen molar-refractivity contribution in [2.75, 3.05) is 32.1 Å². The van der Waals surface area contributed by atoms with Gasteiger partial charge in [0.2, 0.25) is 5.83 Å². The number of esters is 1. The van der Waals surface area contributed by atoms with Gasteiger partial charge in [0.25, 0.3) is 5.91 Å². The molecule has 294 valence electrons. The normalized spacial score (nSPS) is 16.0. The molecule has 2 fully saturated rings. The van der Waals surface area contributed by atoms with Gasteiger partial charge in [-0.2, -0.15) is 14.4 Å². The van der Waals surface area contributed by atoms with Crippen molar-refractivity contribution in [2.24, 2.45) is 0 Å². The number of halogens is 4. The summed E-state index contributed by atoms with van der Waals surface area (Å²) in [6.45, 7) is 7.22. The van der Waals surface area contributed by atoms with E-state index in [1.165, 1.54) is 36.4 Å². The number of hydrogen-bond donors (Lipinski definition) is 0. The molecule has 1 aliphatic heterocycles. The molecule has 1 saturated carbocycles. The van der Waals surface area contributed by atoms with Gasteiger partial charge in [-0.1, -0.05) is 11.6 Å². The smallest absolute Gasteiger partial charge is 0.372 e. The van der Waals surface area contributed by atoms with Crippen molar-refractivity contribution in [1.29, 1.82) is 0 Å². The summed E-state index contributed by atoms with van der Waals surface area (Å²) in [5.41, 5.74) is 2.32. The molecule has 0 spiro atoms. The average molecular weight is 800 g/mol.